The number of carbonyl (C=O) groups is 2. The van der Waals surface area contributed by atoms with E-state index in [4.69, 9.17) is 0 Å². The Labute approximate surface area is 210 Å². The van der Waals surface area contributed by atoms with Crippen LogP contribution in [-0.2, 0) is 9.59 Å². The van der Waals surface area contributed by atoms with Gasteiger partial charge in [-0.25, -0.2) is 0 Å². The number of aliphatic carboxylic acids is 1. The highest BCUT2D eigenvalue weighted by atomic mass is 16.4. The molecule has 0 spiro atoms. The Kier molecular flexibility index (Phi) is 5.57. The summed E-state index contributed by atoms with van der Waals surface area (Å²) < 4.78 is 0. The first-order chi connectivity index (χ1) is 16.1. The molecule has 0 aliphatic heterocycles. The largest absolute Gasteiger partial charge is 0.481 e. The number of fused-ring (bicyclic) bond motifs is 6. The second-order valence-corrected chi connectivity index (χ2v) is 14.7. The van der Waals surface area contributed by atoms with Gasteiger partial charge in [0.15, 0.2) is 5.78 Å². The monoisotopic (exact) mass is 486 g/mol. The Morgan fingerprint density at radius 3 is 2.11 bits per heavy atom. The molecule has 0 saturated heterocycles. The van der Waals surface area contributed by atoms with Gasteiger partial charge >= 0.3 is 5.97 Å². The second kappa shape index (κ2) is 7.66. The van der Waals surface area contributed by atoms with Crippen LogP contribution in [0.5, 0.6) is 0 Å². The summed E-state index contributed by atoms with van der Waals surface area (Å²) in [5.41, 5.74) is -0.490. The van der Waals surface area contributed by atoms with E-state index in [1.54, 1.807) is 6.92 Å². The molecule has 4 saturated carbocycles. The summed E-state index contributed by atoms with van der Waals surface area (Å²) in [4.78, 5) is 26.1. The topological polar surface area (TPSA) is 94.8 Å². The number of ketones is 1. The van der Waals surface area contributed by atoms with E-state index in [0.29, 0.717) is 18.3 Å². The molecule has 5 rings (SSSR count). The van der Waals surface area contributed by atoms with Crippen molar-refractivity contribution in [1.82, 2.24) is 0 Å². The number of aliphatic hydroxyl groups excluding tert-OH is 2. The highest BCUT2D eigenvalue weighted by Gasteiger charge is 2.66. The number of rotatable bonds is 1. The zero-order chi connectivity index (χ0) is 25.8. The number of allylic oxidation sites excluding steroid dienone is 2. The van der Waals surface area contributed by atoms with Crippen molar-refractivity contribution >= 4 is 11.8 Å². The van der Waals surface area contributed by atoms with Crippen LogP contribution in [0.4, 0.5) is 0 Å². The summed E-state index contributed by atoms with van der Waals surface area (Å²) in [6, 6.07) is 0. The van der Waals surface area contributed by atoms with Crippen molar-refractivity contribution in [2.75, 3.05) is 0 Å². The summed E-state index contributed by atoms with van der Waals surface area (Å²) in [5, 5.41) is 31.9. The van der Waals surface area contributed by atoms with Crippen molar-refractivity contribution in [3.8, 4) is 0 Å². The van der Waals surface area contributed by atoms with Gasteiger partial charge in [0.1, 0.15) is 0 Å². The predicted molar refractivity (Wildman–Crippen MR) is 134 cm³/mol. The fourth-order valence-electron chi connectivity index (χ4n) is 10.9. The Hall–Kier alpha value is -1.20. The number of hydrogen-bond donors (Lipinski definition) is 3. The molecule has 0 aromatic carbocycles. The van der Waals surface area contributed by atoms with Gasteiger partial charge in [-0.3, -0.25) is 9.59 Å². The lowest BCUT2D eigenvalue weighted by atomic mass is 9.41. The quantitative estimate of drug-likeness (QED) is 0.462. The van der Waals surface area contributed by atoms with Gasteiger partial charge in [0.25, 0.3) is 0 Å². The van der Waals surface area contributed by atoms with Crippen LogP contribution >= 0.6 is 0 Å². The predicted octanol–water partition coefficient (Wildman–Crippen LogP) is 5.38. The summed E-state index contributed by atoms with van der Waals surface area (Å²) >= 11 is 0. The third-order valence-corrected chi connectivity index (χ3v) is 12.7. The lowest BCUT2D eigenvalue weighted by Crippen LogP contribution is -2.61. The first-order valence-corrected chi connectivity index (χ1v) is 14.0. The van der Waals surface area contributed by atoms with Gasteiger partial charge in [-0.05, 0) is 105 Å². The smallest absolute Gasteiger partial charge is 0.312 e. The van der Waals surface area contributed by atoms with Gasteiger partial charge in [-0.1, -0.05) is 40.2 Å². The Balaban J connectivity index is 1.55. The van der Waals surface area contributed by atoms with Gasteiger partial charge in [0, 0.05) is 11.3 Å². The van der Waals surface area contributed by atoms with Crippen LogP contribution in [0.2, 0.25) is 0 Å². The molecule has 35 heavy (non-hydrogen) atoms. The normalized spacial score (nSPS) is 53.3. The van der Waals surface area contributed by atoms with Crippen molar-refractivity contribution in [3.63, 3.8) is 0 Å². The third kappa shape index (κ3) is 3.19. The summed E-state index contributed by atoms with van der Waals surface area (Å²) in [5.74, 6) is -0.171. The number of hydrogen-bond acceptors (Lipinski definition) is 4. The van der Waals surface area contributed by atoms with E-state index in [0.717, 1.165) is 51.4 Å². The van der Waals surface area contributed by atoms with Crippen molar-refractivity contribution in [3.05, 3.63) is 11.6 Å². The summed E-state index contributed by atoms with van der Waals surface area (Å²) in [6.07, 6.45) is 8.46. The zero-order valence-corrected chi connectivity index (χ0v) is 22.6. The second-order valence-electron chi connectivity index (χ2n) is 14.7. The SMILES string of the molecule is CC1(C)[C@H](O)CC[C@]2(C)[C@H]3CC[C@H]4[C@@](C)(CC[C@@H]5[C@]4(C)CC[C@@H](O)[C@]5(C)C(=O)O)CC3=CC(=O)[C@@H]12. The lowest BCUT2D eigenvalue weighted by Gasteiger charge is -2.63. The van der Waals surface area contributed by atoms with E-state index in [-0.39, 0.29) is 33.9 Å². The highest BCUT2D eigenvalue weighted by Crippen LogP contribution is 2.70. The van der Waals surface area contributed by atoms with E-state index >= 15 is 0 Å². The van der Waals surface area contributed by atoms with Gasteiger partial charge in [-0.2, -0.15) is 0 Å². The van der Waals surface area contributed by atoms with Gasteiger partial charge in [0.2, 0.25) is 0 Å². The highest BCUT2D eigenvalue weighted by molar-refractivity contribution is 5.95. The average molecular weight is 487 g/mol. The molecule has 0 radical (unpaired) electrons. The number of carboxylic acids is 1. The van der Waals surface area contributed by atoms with Crippen molar-refractivity contribution in [2.24, 2.45) is 50.7 Å². The third-order valence-electron chi connectivity index (χ3n) is 12.7. The van der Waals surface area contributed by atoms with Gasteiger partial charge in [0.05, 0.1) is 17.6 Å². The zero-order valence-electron chi connectivity index (χ0n) is 22.6. The van der Waals surface area contributed by atoms with E-state index in [9.17, 15) is 24.9 Å². The van der Waals surface area contributed by atoms with Crippen LogP contribution in [0.3, 0.4) is 0 Å². The molecule has 0 unspecified atom stereocenters. The molecule has 0 heterocycles. The van der Waals surface area contributed by atoms with Gasteiger partial charge < -0.3 is 15.3 Å². The summed E-state index contributed by atoms with van der Waals surface area (Å²) in [7, 11) is 0. The Bertz CT molecular complexity index is 968. The van der Waals surface area contributed by atoms with Crippen LogP contribution in [0.1, 0.15) is 99.3 Å². The lowest BCUT2D eigenvalue weighted by molar-refractivity contribution is -0.199. The molecule has 196 valence electrons. The molecule has 10 atom stereocenters. The molecule has 0 aromatic rings. The van der Waals surface area contributed by atoms with Gasteiger partial charge in [-0.15, -0.1) is 0 Å². The molecule has 5 nitrogen and oxygen atoms in total. The average Bonchev–Trinajstić information content (AvgIpc) is 2.90. The molecule has 3 N–H and O–H groups in total. The van der Waals surface area contributed by atoms with Crippen LogP contribution in [0.25, 0.3) is 0 Å². The van der Waals surface area contributed by atoms with E-state index < -0.39 is 29.0 Å². The molecular formula is C30H46O5. The molecule has 0 bridgehead atoms. The van der Waals surface area contributed by atoms with E-state index in [1.807, 2.05) is 6.08 Å². The summed E-state index contributed by atoms with van der Waals surface area (Å²) in [6.45, 7) is 12.9. The number of carbonyl (C=O) groups excluding carboxylic acids is 1. The molecular weight excluding hydrogens is 440 g/mol. The molecule has 0 amide bonds. The molecule has 4 fully saturated rings. The Morgan fingerprint density at radius 2 is 1.46 bits per heavy atom. The van der Waals surface area contributed by atoms with Crippen LogP contribution in [0, 0.1) is 50.7 Å². The minimum Gasteiger partial charge on any atom is -0.481 e. The van der Waals surface area contributed by atoms with E-state index in [2.05, 4.69) is 34.6 Å². The maximum atomic E-state index is 13.6. The van der Waals surface area contributed by atoms with Crippen molar-refractivity contribution in [2.45, 2.75) is 112 Å². The first-order valence-electron chi connectivity index (χ1n) is 14.0. The molecule has 5 heteroatoms. The maximum absolute atomic E-state index is 13.6. The molecule has 5 aliphatic carbocycles. The number of carboxylic acid groups (broad SMARTS) is 1. The fraction of sp³-hybridized carbons (Fsp3) is 0.867. The van der Waals surface area contributed by atoms with Crippen LogP contribution in [0.15, 0.2) is 11.6 Å². The van der Waals surface area contributed by atoms with Crippen molar-refractivity contribution < 1.29 is 24.9 Å². The maximum Gasteiger partial charge on any atom is 0.312 e. The standard InChI is InChI=1S/C30H46O5/c1-26(2)22(32)10-13-28(4)18-7-8-20-27(3,16-17(18)15-19(31)24(26)28)12-9-21-29(20,5)14-11-23(33)30(21,6)25(34)35/h15,18,20-24,32-33H,7-14,16H2,1-6H3,(H,34,35)/t18-,20-,21+,22+,23+,24-,27-,28+,29+,30+/m0/s1. The minimum absolute atomic E-state index is 0.0285. The van der Waals surface area contributed by atoms with Crippen LogP contribution in [-0.4, -0.2) is 39.3 Å². The van der Waals surface area contributed by atoms with Crippen LogP contribution < -0.4 is 0 Å². The van der Waals surface area contributed by atoms with E-state index in [1.165, 1.54) is 5.57 Å². The molecule has 0 aromatic heterocycles. The van der Waals surface area contributed by atoms with Crippen molar-refractivity contribution in [1.29, 1.82) is 0 Å². The Morgan fingerprint density at radius 1 is 0.829 bits per heavy atom. The minimum atomic E-state index is -1.11. The first kappa shape index (κ1) is 25.4. The molecule has 5 aliphatic rings. The fourth-order valence-corrected chi connectivity index (χ4v) is 10.9. The number of aliphatic hydroxyl groups is 2.